The molecule has 2 amide bonds. The van der Waals surface area contributed by atoms with Crippen molar-refractivity contribution in [3.63, 3.8) is 0 Å². The van der Waals surface area contributed by atoms with Gasteiger partial charge in [0.2, 0.25) is 5.91 Å². The lowest BCUT2D eigenvalue weighted by molar-refractivity contribution is -0.384. The van der Waals surface area contributed by atoms with Crippen molar-refractivity contribution in [2.45, 2.75) is 45.2 Å². The van der Waals surface area contributed by atoms with Gasteiger partial charge in [0.25, 0.3) is 11.6 Å². The van der Waals surface area contributed by atoms with E-state index in [0.29, 0.717) is 11.4 Å². The van der Waals surface area contributed by atoms with Crippen molar-refractivity contribution < 1.29 is 14.5 Å². The number of nitrogens with one attached hydrogen (secondary N) is 3. The summed E-state index contributed by atoms with van der Waals surface area (Å²) in [4.78, 5) is 40.6. The molecule has 1 aromatic heterocycles. The number of anilines is 2. The topological polar surface area (TPSA) is 126 Å². The molecule has 1 heterocycles. The molecule has 1 atom stereocenters. The van der Waals surface area contributed by atoms with Crippen LogP contribution in [-0.4, -0.2) is 21.7 Å². The van der Waals surface area contributed by atoms with Crippen molar-refractivity contribution in [3.8, 4) is 0 Å². The van der Waals surface area contributed by atoms with Crippen LogP contribution < -0.4 is 16.0 Å². The number of hydrogen-bond acceptors (Lipinski definition) is 6. The maximum absolute atomic E-state index is 12.8. The molecule has 3 aromatic rings. The van der Waals surface area contributed by atoms with Crippen LogP contribution in [0.3, 0.4) is 0 Å². The van der Waals surface area contributed by atoms with Gasteiger partial charge in [-0.05, 0) is 61.7 Å². The summed E-state index contributed by atoms with van der Waals surface area (Å²) in [5.41, 5.74) is 2.54. The molecule has 1 saturated carbocycles. The third-order valence-electron chi connectivity index (χ3n) is 6.33. The number of rotatable bonds is 9. The van der Waals surface area contributed by atoms with E-state index in [4.69, 9.17) is 0 Å². The van der Waals surface area contributed by atoms with E-state index < -0.39 is 10.8 Å². The van der Waals surface area contributed by atoms with Gasteiger partial charge in [-0.15, -0.1) is 0 Å². The zero-order valence-corrected chi connectivity index (χ0v) is 20.1. The molecular weight excluding hydrogens is 458 g/mol. The Bertz CT molecular complexity index is 1240. The Kier molecular flexibility index (Phi) is 7.89. The van der Waals surface area contributed by atoms with Gasteiger partial charge in [-0.2, -0.15) is 0 Å². The molecule has 0 spiro atoms. The van der Waals surface area contributed by atoms with Crippen molar-refractivity contribution >= 4 is 28.9 Å². The molecule has 9 nitrogen and oxygen atoms in total. The minimum absolute atomic E-state index is 0.0343. The molecule has 0 aliphatic heterocycles. The van der Waals surface area contributed by atoms with E-state index in [1.165, 1.54) is 12.1 Å². The zero-order chi connectivity index (χ0) is 25.5. The van der Waals surface area contributed by atoms with Crippen molar-refractivity contribution in [2.75, 3.05) is 10.6 Å². The maximum atomic E-state index is 12.8. The van der Waals surface area contributed by atoms with Crippen molar-refractivity contribution in [3.05, 3.63) is 93.8 Å². The molecule has 9 heteroatoms. The molecule has 2 aromatic carbocycles. The van der Waals surface area contributed by atoms with Crippen molar-refractivity contribution in [1.29, 1.82) is 0 Å². The number of benzene rings is 2. The second kappa shape index (κ2) is 11.4. The van der Waals surface area contributed by atoms with Crippen LogP contribution in [0.1, 0.15) is 60.3 Å². The molecule has 1 unspecified atom stereocenters. The van der Waals surface area contributed by atoms with Crippen LogP contribution in [0.25, 0.3) is 0 Å². The number of nitro benzene ring substituents is 1. The van der Waals surface area contributed by atoms with Crippen LogP contribution in [0.4, 0.5) is 17.1 Å². The standard InChI is InChI=1S/C27H29N5O4/c1-18(23-11-4-5-14-28-23)30-24-13-12-21(16-25(24)32(35)36)26(33)29-17-19-7-6-10-22(15-19)31-27(34)20-8-2-3-9-20/h4-7,10-16,18,20,30H,2-3,8-9,17H2,1H3,(H,29,33)(H,31,34). The van der Waals surface area contributed by atoms with Gasteiger partial charge in [0.15, 0.2) is 0 Å². The Morgan fingerprint density at radius 1 is 1.08 bits per heavy atom. The summed E-state index contributed by atoms with van der Waals surface area (Å²) >= 11 is 0. The predicted octanol–water partition coefficient (Wildman–Crippen LogP) is 5.22. The largest absolute Gasteiger partial charge is 0.371 e. The minimum atomic E-state index is -0.513. The highest BCUT2D eigenvalue weighted by atomic mass is 16.6. The normalized spacial score (nSPS) is 14.1. The quantitative estimate of drug-likeness (QED) is 0.281. The highest BCUT2D eigenvalue weighted by molar-refractivity contribution is 5.96. The number of pyridine rings is 1. The number of carbonyl (C=O) groups is 2. The molecule has 0 bridgehead atoms. The van der Waals surface area contributed by atoms with Gasteiger partial charge in [-0.1, -0.05) is 31.0 Å². The number of aromatic nitrogens is 1. The van der Waals surface area contributed by atoms with Crippen LogP contribution in [0.2, 0.25) is 0 Å². The summed E-state index contributed by atoms with van der Waals surface area (Å²) in [6.07, 6.45) is 5.67. The number of nitrogens with zero attached hydrogens (tertiary/aromatic N) is 2. The molecule has 4 rings (SSSR count). The van der Waals surface area contributed by atoms with Gasteiger partial charge in [0.1, 0.15) is 5.69 Å². The fourth-order valence-corrected chi connectivity index (χ4v) is 4.36. The van der Waals surface area contributed by atoms with Gasteiger partial charge in [0, 0.05) is 36.0 Å². The van der Waals surface area contributed by atoms with Gasteiger partial charge in [-0.25, -0.2) is 0 Å². The molecule has 0 radical (unpaired) electrons. The van der Waals surface area contributed by atoms with Gasteiger partial charge in [-0.3, -0.25) is 24.7 Å². The van der Waals surface area contributed by atoms with Gasteiger partial charge < -0.3 is 16.0 Å². The fraction of sp³-hybridized carbons (Fsp3) is 0.296. The first kappa shape index (κ1) is 24.8. The van der Waals surface area contributed by atoms with E-state index in [-0.39, 0.29) is 35.7 Å². The van der Waals surface area contributed by atoms with Crippen molar-refractivity contribution in [1.82, 2.24) is 10.3 Å². The summed E-state index contributed by atoms with van der Waals surface area (Å²) < 4.78 is 0. The van der Waals surface area contributed by atoms with E-state index in [1.54, 1.807) is 18.3 Å². The molecule has 36 heavy (non-hydrogen) atoms. The van der Waals surface area contributed by atoms with E-state index in [0.717, 1.165) is 36.9 Å². The van der Waals surface area contributed by atoms with Gasteiger partial charge in [0.05, 0.1) is 16.7 Å². The van der Waals surface area contributed by atoms with Crippen molar-refractivity contribution in [2.24, 2.45) is 5.92 Å². The number of hydrogen-bond donors (Lipinski definition) is 3. The maximum Gasteiger partial charge on any atom is 0.293 e. The Balaban J connectivity index is 1.39. The zero-order valence-electron chi connectivity index (χ0n) is 20.1. The monoisotopic (exact) mass is 487 g/mol. The van der Waals surface area contributed by atoms with Gasteiger partial charge >= 0.3 is 0 Å². The van der Waals surface area contributed by atoms with E-state index in [2.05, 4.69) is 20.9 Å². The van der Waals surface area contributed by atoms with Crippen LogP contribution in [0, 0.1) is 16.0 Å². The summed E-state index contributed by atoms with van der Waals surface area (Å²) in [6.45, 7) is 2.08. The van der Waals surface area contributed by atoms with E-state index >= 15 is 0 Å². The third-order valence-corrected chi connectivity index (χ3v) is 6.33. The highest BCUT2D eigenvalue weighted by Gasteiger charge is 2.23. The molecule has 1 aliphatic carbocycles. The third kappa shape index (κ3) is 6.24. The Hall–Kier alpha value is -4.27. The van der Waals surface area contributed by atoms with Crippen LogP contribution in [0.15, 0.2) is 66.9 Å². The Labute approximate surface area is 209 Å². The SMILES string of the molecule is CC(Nc1ccc(C(=O)NCc2cccc(NC(=O)C3CCCC3)c2)cc1[N+](=O)[O-])c1ccccn1. The summed E-state index contributed by atoms with van der Waals surface area (Å²) in [5.74, 6) is -0.330. The summed E-state index contributed by atoms with van der Waals surface area (Å²) in [6, 6.07) is 16.9. The molecule has 0 saturated heterocycles. The number of nitro groups is 1. The van der Waals surface area contributed by atoms with E-state index in [9.17, 15) is 19.7 Å². The molecule has 1 aliphatic rings. The fourth-order valence-electron chi connectivity index (χ4n) is 4.36. The smallest absolute Gasteiger partial charge is 0.293 e. The molecular formula is C27H29N5O4. The van der Waals surface area contributed by atoms with Crippen LogP contribution in [-0.2, 0) is 11.3 Å². The number of amides is 2. The highest BCUT2D eigenvalue weighted by Crippen LogP contribution is 2.29. The lowest BCUT2D eigenvalue weighted by atomic mass is 10.1. The average molecular weight is 488 g/mol. The lowest BCUT2D eigenvalue weighted by Gasteiger charge is -2.15. The van der Waals surface area contributed by atoms with Crippen LogP contribution in [0.5, 0.6) is 0 Å². The lowest BCUT2D eigenvalue weighted by Crippen LogP contribution is -2.23. The second-order valence-corrected chi connectivity index (χ2v) is 8.96. The number of carbonyl (C=O) groups excluding carboxylic acids is 2. The minimum Gasteiger partial charge on any atom is -0.371 e. The molecule has 3 N–H and O–H groups in total. The van der Waals surface area contributed by atoms with Crippen LogP contribution >= 0.6 is 0 Å². The Morgan fingerprint density at radius 3 is 2.61 bits per heavy atom. The summed E-state index contributed by atoms with van der Waals surface area (Å²) in [5, 5.41) is 20.6. The second-order valence-electron chi connectivity index (χ2n) is 8.96. The Morgan fingerprint density at radius 2 is 1.89 bits per heavy atom. The predicted molar refractivity (Wildman–Crippen MR) is 138 cm³/mol. The van der Waals surface area contributed by atoms with E-state index in [1.807, 2.05) is 43.3 Å². The first-order valence-electron chi connectivity index (χ1n) is 12.0. The first-order chi connectivity index (χ1) is 17.4. The first-order valence-corrected chi connectivity index (χ1v) is 12.0. The molecule has 1 fully saturated rings. The average Bonchev–Trinajstić information content (AvgIpc) is 3.43. The summed E-state index contributed by atoms with van der Waals surface area (Å²) in [7, 11) is 0. The molecule has 186 valence electrons.